The van der Waals surface area contributed by atoms with Crippen LogP contribution in [0.25, 0.3) is 22.0 Å². The molecule has 0 aliphatic rings. The number of aromatic amines is 1. The predicted octanol–water partition coefficient (Wildman–Crippen LogP) is 2.23. The Labute approximate surface area is 114 Å². The highest BCUT2D eigenvalue weighted by molar-refractivity contribution is 6.02. The minimum atomic E-state index is -1.22. The molecule has 0 saturated heterocycles. The van der Waals surface area contributed by atoms with Gasteiger partial charge in [0.2, 0.25) is 0 Å². The van der Waals surface area contributed by atoms with E-state index in [1.54, 1.807) is 18.5 Å². The lowest BCUT2D eigenvalue weighted by atomic mass is 10.0. The van der Waals surface area contributed by atoms with Crippen molar-refractivity contribution < 1.29 is 9.90 Å². The molecule has 0 spiro atoms. The Balaban J connectivity index is 2.38. The Morgan fingerprint density at radius 1 is 1.20 bits per heavy atom. The standard InChI is InChI=1S/C15H12N2O3/c1-17-7-6-10(13(14(17)18)15(19)20)11-8-16-12-5-3-2-4-9(11)12/h2-8,16H,1H3,(H,19,20). The maximum Gasteiger partial charge on any atom is 0.341 e. The zero-order valence-electron chi connectivity index (χ0n) is 10.8. The van der Waals surface area contributed by atoms with E-state index in [0.29, 0.717) is 5.56 Å². The van der Waals surface area contributed by atoms with Crippen LogP contribution in [0.1, 0.15) is 10.4 Å². The minimum absolute atomic E-state index is 0.209. The fourth-order valence-electron chi connectivity index (χ4n) is 2.35. The number of hydrogen-bond donors (Lipinski definition) is 2. The SMILES string of the molecule is Cn1ccc(-c2c[nH]c3ccccc23)c(C(=O)O)c1=O. The summed E-state index contributed by atoms with van der Waals surface area (Å²) in [6.45, 7) is 0. The fraction of sp³-hybridized carbons (Fsp3) is 0.0667. The van der Waals surface area contributed by atoms with E-state index in [1.807, 2.05) is 24.3 Å². The molecule has 5 heteroatoms. The molecule has 0 unspecified atom stereocenters. The predicted molar refractivity (Wildman–Crippen MR) is 75.9 cm³/mol. The van der Waals surface area contributed by atoms with Crippen LogP contribution < -0.4 is 5.56 Å². The van der Waals surface area contributed by atoms with Gasteiger partial charge in [0.25, 0.3) is 5.56 Å². The Morgan fingerprint density at radius 2 is 1.95 bits per heavy atom. The Kier molecular flexibility index (Phi) is 2.68. The number of fused-ring (bicyclic) bond motifs is 1. The number of rotatable bonds is 2. The first-order chi connectivity index (χ1) is 9.59. The number of nitrogens with one attached hydrogen (secondary N) is 1. The highest BCUT2D eigenvalue weighted by Crippen LogP contribution is 2.29. The molecular weight excluding hydrogens is 256 g/mol. The number of para-hydroxylation sites is 1. The van der Waals surface area contributed by atoms with E-state index in [1.165, 1.54) is 11.6 Å². The lowest BCUT2D eigenvalue weighted by Crippen LogP contribution is -2.24. The van der Waals surface area contributed by atoms with Crippen molar-refractivity contribution in [1.82, 2.24) is 9.55 Å². The van der Waals surface area contributed by atoms with Gasteiger partial charge in [-0.05, 0) is 12.1 Å². The van der Waals surface area contributed by atoms with Gasteiger partial charge in [-0.1, -0.05) is 18.2 Å². The van der Waals surface area contributed by atoms with Crippen LogP contribution in [0.5, 0.6) is 0 Å². The van der Waals surface area contributed by atoms with Gasteiger partial charge in [-0.3, -0.25) is 4.79 Å². The third-order valence-corrected chi connectivity index (χ3v) is 3.36. The van der Waals surface area contributed by atoms with Gasteiger partial charge < -0.3 is 14.7 Å². The van der Waals surface area contributed by atoms with Gasteiger partial charge in [0.05, 0.1) is 0 Å². The van der Waals surface area contributed by atoms with E-state index in [0.717, 1.165) is 16.5 Å². The molecular formula is C15H12N2O3. The number of nitrogens with zero attached hydrogens (tertiary/aromatic N) is 1. The number of H-pyrrole nitrogens is 1. The molecule has 0 amide bonds. The number of aromatic nitrogens is 2. The van der Waals surface area contributed by atoms with Crippen LogP contribution in [0.2, 0.25) is 0 Å². The Hall–Kier alpha value is -2.82. The molecule has 0 aliphatic heterocycles. The molecule has 1 aromatic carbocycles. The third-order valence-electron chi connectivity index (χ3n) is 3.36. The molecule has 3 aromatic rings. The molecule has 2 heterocycles. The first kappa shape index (κ1) is 12.2. The van der Waals surface area contributed by atoms with Crippen LogP contribution >= 0.6 is 0 Å². The van der Waals surface area contributed by atoms with Crippen LogP contribution in [0.3, 0.4) is 0 Å². The lowest BCUT2D eigenvalue weighted by Gasteiger charge is -2.06. The molecule has 0 saturated carbocycles. The van der Waals surface area contributed by atoms with Gasteiger partial charge >= 0.3 is 5.97 Å². The molecule has 3 rings (SSSR count). The number of aryl methyl sites for hydroxylation is 1. The summed E-state index contributed by atoms with van der Waals surface area (Å²) in [5.41, 5.74) is 1.33. The topological polar surface area (TPSA) is 75.1 Å². The van der Waals surface area contributed by atoms with E-state index in [2.05, 4.69) is 4.98 Å². The third kappa shape index (κ3) is 1.72. The molecule has 0 fully saturated rings. The summed E-state index contributed by atoms with van der Waals surface area (Å²) >= 11 is 0. The summed E-state index contributed by atoms with van der Waals surface area (Å²) in [6.07, 6.45) is 3.30. The van der Waals surface area contributed by atoms with Crippen molar-refractivity contribution in [2.75, 3.05) is 0 Å². The zero-order valence-corrected chi connectivity index (χ0v) is 10.8. The molecule has 5 nitrogen and oxygen atoms in total. The van der Waals surface area contributed by atoms with Crippen molar-refractivity contribution in [2.45, 2.75) is 0 Å². The van der Waals surface area contributed by atoms with Gasteiger partial charge in [-0.25, -0.2) is 4.79 Å². The summed E-state index contributed by atoms with van der Waals surface area (Å²) in [5, 5.41) is 10.2. The number of benzene rings is 1. The van der Waals surface area contributed by atoms with Crippen LogP contribution in [0.4, 0.5) is 0 Å². The van der Waals surface area contributed by atoms with Crippen LogP contribution in [0, 0.1) is 0 Å². The zero-order chi connectivity index (χ0) is 14.3. The molecule has 0 bridgehead atoms. The average Bonchev–Trinajstić information content (AvgIpc) is 2.85. The molecule has 2 aromatic heterocycles. The summed E-state index contributed by atoms with van der Waals surface area (Å²) in [6, 6.07) is 9.22. The molecule has 0 radical (unpaired) electrons. The number of aromatic carboxylic acids is 1. The Morgan fingerprint density at radius 3 is 2.70 bits per heavy atom. The first-order valence-electron chi connectivity index (χ1n) is 6.09. The van der Waals surface area contributed by atoms with Gasteiger partial charge in [0, 0.05) is 41.5 Å². The van der Waals surface area contributed by atoms with Crippen molar-refractivity contribution in [1.29, 1.82) is 0 Å². The smallest absolute Gasteiger partial charge is 0.341 e. The Bertz CT molecular complexity index is 874. The lowest BCUT2D eigenvalue weighted by molar-refractivity contribution is 0.0695. The molecule has 100 valence electrons. The van der Waals surface area contributed by atoms with Crippen molar-refractivity contribution >= 4 is 16.9 Å². The van der Waals surface area contributed by atoms with Crippen LogP contribution in [0.15, 0.2) is 47.5 Å². The molecule has 0 aliphatic carbocycles. The van der Waals surface area contributed by atoms with Crippen LogP contribution in [-0.4, -0.2) is 20.6 Å². The quantitative estimate of drug-likeness (QED) is 0.748. The monoisotopic (exact) mass is 268 g/mol. The second-order valence-corrected chi connectivity index (χ2v) is 4.57. The number of pyridine rings is 1. The number of hydrogen-bond acceptors (Lipinski definition) is 2. The fourth-order valence-corrected chi connectivity index (χ4v) is 2.35. The second-order valence-electron chi connectivity index (χ2n) is 4.57. The van der Waals surface area contributed by atoms with Gasteiger partial charge in [-0.2, -0.15) is 0 Å². The van der Waals surface area contributed by atoms with Crippen molar-refractivity contribution in [3.05, 3.63) is 58.6 Å². The molecule has 0 atom stereocenters. The van der Waals surface area contributed by atoms with Gasteiger partial charge in [0.15, 0.2) is 0 Å². The minimum Gasteiger partial charge on any atom is -0.477 e. The van der Waals surface area contributed by atoms with E-state index in [-0.39, 0.29) is 5.56 Å². The van der Waals surface area contributed by atoms with E-state index < -0.39 is 11.5 Å². The van der Waals surface area contributed by atoms with Crippen molar-refractivity contribution in [3.63, 3.8) is 0 Å². The largest absolute Gasteiger partial charge is 0.477 e. The average molecular weight is 268 g/mol. The number of carboxylic acids is 1. The summed E-state index contributed by atoms with van der Waals surface area (Å²) in [5.74, 6) is -1.22. The van der Waals surface area contributed by atoms with E-state index >= 15 is 0 Å². The maximum absolute atomic E-state index is 12.0. The normalized spacial score (nSPS) is 10.8. The van der Waals surface area contributed by atoms with Crippen LogP contribution in [-0.2, 0) is 7.05 Å². The summed E-state index contributed by atoms with van der Waals surface area (Å²) < 4.78 is 1.27. The van der Waals surface area contributed by atoms with Crippen molar-refractivity contribution in [2.24, 2.45) is 7.05 Å². The van der Waals surface area contributed by atoms with E-state index in [9.17, 15) is 14.7 Å². The summed E-state index contributed by atoms with van der Waals surface area (Å²) in [7, 11) is 1.54. The van der Waals surface area contributed by atoms with Gasteiger partial charge in [0.1, 0.15) is 5.56 Å². The first-order valence-corrected chi connectivity index (χ1v) is 6.09. The summed E-state index contributed by atoms with van der Waals surface area (Å²) in [4.78, 5) is 26.5. The maximum atomic E-state index is 12.0. The second kappa shape index (κ2) is 4.38. The number of carbonyl (C=O) groups is 1. The number of carboxylic acid groups (broad SMARTS) is 1. The highest BCUT2D eigenvalue weighted by Gasteiger charge is 2.19. The van der Waals surface area contributed by atoms with Crippen molar-refractivity contribution in [3.8, 4) is 11.1 Å². The van der Waals surface area contributed by atoms with Gasteiger partial charge in [-0.15, -0.1) is 0 Å². The molecule has 20 heavy (non-hydrogen) atoms. The highest BCUT2D eigenvalue weighted by atomic mass is 16.4. The molecule has 2 N–H and O–H groups in total. The van der Waals surface area contributed by atoms with E-state index in [4.69, 9.17) is 0 Å².